The number of fused-ring (bicyclic) bond motifs is 2. The lowest BCUT2D eigenvalue weighted by atomic mass is 9.84. The van der Waals surface area contributed by atoms with Crippen molar-refractivity contribution in [3.8, 4) is 0 Å². The van der Waals surface area contributed by atoms with E-state index in [4.69, 9.17) is 24.4 Å². The number of thiocarbonyl (C=S) groups is 2. The maximum atomic E-state index is 14.0. The third-order valence-electron chi connectivity index (χ3n) is 12.2. The Hall–Kier alpha value is -3.28. The molecule has 59 heavy (non-hydrogen) atoms. The Morgan fingerprint density at radius 2 is 1.03 bits per heavy atom. The van der Waals surface area contributed by atoms with Crippen molar-refractivity contribution in [3.63, 3.8) is 0 Å². The second kappa shape index (κ2) is 18.8. The van der Waals surface area contributed by atoms with E-state index in [1.165, 1.54) is 0 Å². The van der Waals surface area contributed by atoms with Crippen LogP contribution >= 0.6 is 48.0 Å². The number of nitrogens with zero attached hydrogens (tertiary/aromatic N) is 2. The van der Waals surface area contributed by atoms with Crippen molar-refractivity contribution in [2.75, 3.05) is 36.2 Å². The zero-order valence-electron chi connectivity index (χ0n) is 35.3. The maximum Gasteiger partial charge on any atom is 0.247 e. The summed E-state index contributed by atoms with van der Waals surface area (Å²) in [4.78, 5) is 60.7. The Morgan fingerprint density at radius 1 is 0.678 bits per heavy atom. The highest BCUT2D eigenvalue weighted by Crippen LogP contribution is 2.48. The van der Waals surface area contributed by atoms with Gasteiger partial charge in [0.05, 0.1) is 32.8 Å². The van der Waals surface area contributed by atoms with Gasteiger partial charge in [0.2, 0.25) is 23.6 Å². The number of rotatable bonds is 12. The van der Waals surface area contributed by atoms with Crippen molar-refractivity contribution < 1.29 is 19.2 Å². The number of nitrogens with one attached hydrogen (secondary N) is 6. The number of carbonyl (C=O) groups is 4. The molecule has 0 aromatic heterocycles. The minimum atomic E-state index is -0.626. The largest absolute Gasteiger partial charge is 0.367 e. The monoisotopic (exact) mass is 880 g/mol. The second-order valence-electron chi connectivity index (χ2n) is 17.6. The molecule has 0 bridgehead atoms. The Balaban J connectivity index is 1.07. The molecule has 4 amide bonds. The highest BCUT2D eigenvalue weighted by Gasteiger charge is 2.55. The highest BCUT2D eigenvalue weighted by atomic mass is 32.2. The molecule has 0 spiro atoms. The van der Waals surface area contributed by atoms with Crippen LogP contribution in [0.25, 0.3) is 0 Å². The van der Waals surface area contributed by atoms with Crippen molar-refractivity contribution in [2.45, 2.75) is 121 Å². The molecule has 4 aliphatic heterocycles. The van der Waals surface area contributed by atoms with Crippen LogP contribution in [-0.4, -0.2) is 116 Å². The number of carbonyl (C=O) groups excluding carboxylic acids is 4. The summed E-state index contributed by atoms with van der Waals surface area (Å²) in [6, 6.07) is 13.2. The van der Waals surface area contributed by atoms with Crippen molar-refractivity contribution in [3.05, 3.63) is 59.7 Å². The second-order valence-corrected chi connectivity index (χ2v) is 21.1. The summed E-state index contributed by atoms with van der Waals surface area (Å²) in [5, 5.41) is 18.9. The summed E-state index contributed by atoms with van der Waals surface area (Å²) in [7, 11) is 3.67. The van der Waals surface area contributed by atoms with Crippen LogP contribution in [0.15, 0.2) is 48.5 Å². The van der Waals surface area contributed by atoms with Crippen molar-refractivity contribution in [1.82, 2.24) is 31.1 Å². The first-order valence-corrected chi connectivity index (χ1v) is 23.5. The summed E-state index contributed by atoms with van der Waals surface area (Å²) < 4.78 is 0. The molecule has 4 aliphatic rings. The van der Waals surface area contributed by atoms with E-state index >= 15 is 0 Å². The molecule has 2 aromatic carbocycles. The molecule has 0 saturated carbocycles. The topological polar surface area (TPSA) is 147 Å². The van der Waals surface area contributed by atoms with Crippen LogP contribution in [0.4, 0.5) is 11.4 Å². The minimum absolute atomic E-state index is 0.0697. The van der Waals surface area contributed by atoms with Gasteiger partial charge in [-0.05, 0) is 118 Å². The van der Waals surface area contributed by atoms with Gasteiger partial charge in [-0.15, -0.1) is 23.5 Å². The zero-order valence-corrected chi connectivity index (χ0v) is 38.6. The summed E-state index contributed by atoms with van der Waals surface area (Å²) in [5.41, 5.74) is 2.62. The van der Waals surface area contributed by atoms with Gasteiger partial charge in [-0.3, -0.25) is 19.2 Å². The summed E-state index contributed by atoms with van der Waals surface area (Å²) >= 11 is 14.6. The number of likely N-dealkylation sites (N-methyl/N-ethyl adjacent to an activating group) is 2. The average molecular weight is 881 g/mol. The molecule has 4 saturated heterocycles. The number of anilines is 2. The van der Waals surface area contributed by atoms with E-state index in [1.807, 2.05) is 76.5 Å². The SMILES string of the molecule is CNC(C)C(=S)N[C@H]1CCS[C@H]2CC(C)(C)[C@@H](C(=O)Nc3ccc(Cc4ccc(NC(=O)[C@H]5N6C(=O)[C@@H](NC(=S)C(C)NC)CCS[C@H]6CC5(C)C)cc4)cc3)N2C1=O. The van der Waals surface area contributed by atoms with E-state index in [-0.39, 0.29) is 46.5 Å². The Kier molecular flexibility index (Phi) is 14.4. The molecule has 2 unspecified atom stereocenters. The lowest BCUT2D eigenvalue weighted by Crippen LogP contribution is -2.56. The molecular formula is C43H60N8O4S4. The fraction of sp³-hybridized carbons (Fsp3) is 0.581. The lowest BCUT2D eigenvalue weighted by molar-refractivity contribution is -0.140. The van der Waals surface area contributed by atoms with Crippen LogP contribution < -0.4 is 31.9 Å². The first-order chi connectivity index (χ1) is 27.9. The van der Waals surface area contributed by atoms with Gasteiger partial charge >= 0.3 is 0 Å². The van der Waals surface area contributed by atoms with Gasteiger partial charge in [-0.25, -0.2) is 0 Å². The van der Waals surface area contributed by atoms with Crippen LogP contribution in [0.1, 0.15) is 78.4 Å². The van der Waals surface area contributed by atoms with Crippen LogP contribution in [0.2, 0.25) is 0 Å². The summed E-state index contributed by atoms with van der Waals surface area (Å²) in [5.74, 6) is 1.05. The van der Waals surface area contributed by atoms with Gasteiger partial charge in [0.15, 0.2) is 0 Å². The molecule has 16 heteroatoms. The Morgan fingerprint density at radius 3 is 1.37 bits per heavy atom. The van der Waals surface area contributed by atoms with Crippen molar-refractivity contribution >= 4 is 92.9 Å². The summed E-state index contributed by atoms with van der Waals surface area (Å²) in [6.45, 7) is 12.2. The van der Waals surface area contributed by atoms with Gasteiger partial charge < -0.3 is 41.7 Å². The molecule has 6 N–H and O–H groups in total. The lowest BCUT2D eigenvalue weighted by Gasteiger charge is -2.34. The molecule has 6 rings (SSSR count). The first-order valence-electron chi connectivity index (χ1n) is 20.6. The predicted molar refractivity (Wildman–Crippen MR) is 249 cm³/mol. The third-order valence-corrected chi connectivity index (χ3v) is 15.7. The van der Waals surface area contributed by atoms with Gasteiger partial charge in [0.1, 0.15) is 24.2 Å². The van der Waals surface area contributed by atoms with E-state index in [9.17, 15) is 19.2 Å². The predicted octanol–water partition coefficient (Wildman–Crippen LogP) is 5.12. The molecule has 4 heterocycles. The Bertz CT molecular complexity index is 1780. The molecule has 2 aromatic rings. The smallest absolute Gasteiger partial charge is 0.247 e. The maximum absolute atomic E-state index is 14.0. The van der Waals surface area contributed by atoms with E-state index in [1.54, 1.807) is 33.3 Å². The third kappa shape index (κ3) is 10.1. The van der Waals surface area contributed by atoms with E-state index in [0.29, 0.717) is 40.6 Å². The van der Waals surface area contributed by atoms with Gasteiger partial charge in [-0.2, -0.15) is 0 Å². The minimum Gasteiger partial charge on any atom is -0.367 e. The standard InChI is InChI=1S/C43H60N8O4S4/c1-24(44-7)38(56)48-30-17-19-58-32-22-42(3,4)34(50(32)40(30)54)36(52)46-28-13-9-26(10-14-28)21-27-11-15-29(16-12-27)47-37(53)35-43(5,6)23-33-51(35)41(55)31(18-20-59-33)49-39(57)25(2)45-8/h9-16,24-25,30-35,44-45H,17-23H2,1-8H3,(H,46,52)(H,47,53)(H,48,56)(H,49,57)/t24?,25?,30-,31-,32-,33-,34+,35+/m0/s1. The Labute approximate surface area is 368 Å². The van der Waals surface area contributed by atoms with Gasteiger partial charge in [-0.1, -0.05) is 76.4 Å². The number of amides is 4. The molecule has 0 aliphatic carbocycles. The number of hydrogen-bond donors (Lipinski definition) is 6. The normalized spacial score (nSPS) is 27.1. The van der Waals surface area contributed by atoms with Crippen LogP contribution in [0.5, 0.6) is 0 Å². The number of benzene rings is 2. The molecule has 4 fully saturated rings. The van der Waals surface area contributed by atoms with Gasteiger partial charge in [0.25, 0.3) is 0 Å². The van der Waals surface area contributed by atoms with Crippen LogP contribution in [0, 0.1) is 10.8 Å². The zero-order chi connectivity index (χ0) is 42.8. The van der Waals surface area contributed by atoms with Crippen LogP contribution in [0.3, 0.4) is 0 Å². The van der Waals surface area contributed by atoms with Crippen molar-refractivity contribution in [1.29, 1.82) is 0 Å². The molecule has 12 nitrogen and oxygen atoms in total. The summed E-state index contributed by atoms with van der Waals surface area (Å²) in [6.07, 6.45) is 3.40. The fourth-order valence-electron chi connectivity index (χ4n) is 8.63. The highest BCUT2D eigenvalue weighted by molar-refractivity contribution is 8.00. The average Bonchev–Trinajstić information content (AvgIpc) is 3.51. The molecule has 320 valence electrons. The van der Waals surface area contributed by atoms with E-state index in [2.05, 4.69) is 59.6 Å². The van der Waals surface area contributed by atoms with E-state index in [0.717, 1.165) is 35.5 Å². The van der Waals surface area contributed by atoms with Crippen LogP contribution in [-0.2, 0) is 25.6 Å². The van der Waals surface area contributed by atoms with Gasteiger partial charge in [0, 0.05) is 11.4 Å². The number of thioether (sulfide) groups is 2. The van der Waals surface area contributed by atoms with E-state index < -0.39 is 35.0 Å². The molecule has 8 atom stereocenters. The van der Waals surface area contributed by atoms with Crippen molar-refractivity contribution in [2.24, 2.45) is 10.8 Å². The molecule has 0 radical (unpaired) electrons. The number of hydrogen-bond acceptors (Lipinski definition) is 10. The first kappa shape index (κ1) is 45.3. The fourth-order valence-corrected chi connectivity index (χ4v) is 12.3. The molecular weight excluding hydrogens is 821 g/mol. The quantitative estimate of drug-likeness (QED) is 0.158.